The van der Waals surface area contributed by atoms with Crippen LogP contribution in [-0.4, -0.2) is 27.1 Å². The zero-order valence-electron chi connectivity index (χ0n) is 7.27. The maximum atomic E-state index is 8.36. The van der Waals surface area contributed by atoms with Crippen molar-refractivity contribution in [1.82, 2.24) is 10.6 Å². The largest absolute Gasteiger partial charge is 0.351 e. The van der Waals surface area contributed by atoms with Crippen LogP contribution in [0.15, 0.2) is 0 Å². The van der Waals surface area contributed by atoms with E-state index in [0.717, 1.165) is 0 Å². The molecular weight excluding hydrogens is 142 g/mol. The van der Waals surface area contributed by atoms with Crippen LogP contribution < -0.4 is 10.6 Å². The summed E-state index contributed by atoms with van der Waals surface area (Å²) in [4.78, 5) is 0. The van der Waals surface area contributed by atoms with Crippen molar-refractivity contribution in [2.45, 2.75) is 18.7 Å². The van der Waals surface area contributed by atoms with Crippen LogP contribution in [0.4, 0.5) is 0 Å². The van der Waals surface area contributed by atoms with Gasteiger partial charge in [0.1, 0.15) is 0 Å². The van der Waals surface area contributed by atoms with Crippen LogP contribution in [0.5, 0.6) is 0 Å². The minimum atomic E-state index is -0.546. The molecular formula is C7H15N3O. The number of hydrogen-bond donors (Lipinski definition) is 2. The maximum absolute atomic E-state index is 8.36. The van der Waals surface area contributed by atoms with Crippen molar-refractivity contribution in [3.8, 4) is 6.07 Å². The first-order valence-corrected chi connectivity index (χ1v) is 3.54. The lowest BCUT2D eigenvalue weighted by Gasteiger charge is -2.30. The van der Waals surface area contributed by atoms with E-state index in [1.165, 1.54) is 0 Å². The van der Waals surface area contributed by atoms with Gasteiger partial charge in [0.2, 0.25) is 0 Å². The molecule has 0 aliphatic rings. The summed E-state index contributed by atoms with van der Waals surface area (Å²) in [5.74, 6) is -0.546. The third kappa shape index (κ3) is 2.85. The zero-order valence-corrected chi connectivity index (χ0v) is 7.27. The summed E-state index contributed by atoms with van der Waals surface area (Å²) in [6, 6.07) is 2.07. The standard InChI is InChI=1S/C7H15N3O/c1-9-7(10-2,11-3)5-4-6-8/h9-10H,4-5H2,1-3H3. The van der Waals surface area contributed by atoms with Gasteiger partial charge >= 0.3 is 0 Å². The fourth-order valence-corrected chi connectivity index (χ4v) is 0.913. The monoisotopic (exact) mass is 157 g/mol. The molecule has 0 saturated heterocycles. The molecule has 0 heterocycles. The molecule has 4 heteroatoms. The van der Waals surface area contributed by atoms with Crippen molar-refractivity contribution in [3.63, 3.8) is 0 Å². The van der Waals surface area contributed by atoms with E-state index in [9.17, 15) is 0 Å². The molecule has 0 aromatic heterocycles. The normalized spacial score (nSPS) is 11.1. The number of nitrogens with one attached hydrogen (secondary N) is 2. The van der Waals surface area contributed by atoms with E-state index in [4.69, 9.17) is 10.00 Å². The van der Waals surface area contributed by atoms with Crippen LogP contribution in [0.2, 0.25) is 0 Å². The first-order chi connectivity index (χ1) is 5.24. The van der Waals surface area contributed by atoms with Crippen LogP contribution in [-0.2, 0) is 4.74 Å². The molecule has 0 bridgehead atoms. The van der Waals surface area contributed by atoms with Crippen molar-refractivity contribution >= 4 is 0 Å². The Morgan fingerprint density at radius 3 is 2.27 bits per heavy atom. The Hall–Kier alpha value is -0.630. The zero-order chi connectivity index (χ0) is 8.74. The molecule has 0 rings (SSSR count). The molecule has 11 heavy (non-hydrogen) atoms. The Balaban J connectivity index is 3.96. The molecule has 4 nitrogen and oxygen atoms in total. The molecule has 2 N–H and O–H groups in total. The quantitative estimate of drug-likeness (QED) is 0.553. The molecule has 0 aromatic rings. The lowest BCUT2D eigenvalue weighted by atomic mass is 10.2. The molecule has 0 saturated carbocycles. The Bertz CT molecular complexity index is 129. The van der Waals surface area contributed by atoms with Crippen LogP contribution in [0.25, 0.3) is 0 Å². The average molecular weight is 157 g/mol. The predicted molar refractivity (Wildman–Crippen MR) is 42.7 cm³/mol. The summed E-state index contributed by atoms with van der Waals surface area (Å²) >= 11 is 0. The topological polar surface area (TPSA) is 57.1 Å². The molecule has 64 valence electrons. The molecule has 0 aliphatic heterocycles. The molecule has 0 unspecified atom stereocenters. The van der Waals surface area contributed by atoms with Crippen molar-refractivity contribution < 1.29 is 4.74 Å². The van der Waals surface area contributed by atoms with E-state index >= 15 is 0 Å². The Labute approximate surface area is 67.5 Å². The second-order valence-corrected chi connectivity index (χ2v) is 2.19. The summed E-state index contributed by atoms with van der Waals surface area (Å²) in [5, 5.41) is 14.3. The Morgan fingerprint density at radius 2 is 2.00 bits per heavy atom. The van der Waals surface area contributed by atoms with Gasteiger partial charge < -0.3 is 4.74 Å². The third-order valence-corrected chi connectivity index (χ3v) is 1.75. The second-order valence-electron chi connectivity index (χ2n) is 2.19. The predicted octanol–water partition coefficient (Wildman–Crippen LogP) is 0.0292. The van der Waals surface area contributed by atoms with Crippen molar-refractivity contribution in [1.29, 1.82) is 5.26 Å². The number of rotatable bonds is 5. The number of hydrogen-bond acceptors (Lipinski definition) is 4. The van der Waals surface area contributed by atoms with Crippen LogP contribution >= 0.6 is 0 Å². The fraction of sp³-hybridized carbons (Fsp3) is 0.857. The van der Waals surface area contributed by atoms with Crippen LogP contribution in [0.1, 0.15) is 12.8 Å². The van der Waals surface area contributed by atoms with Crippen molar-refractivity contribution in [3.05, 3.63) is 0 Å². The summed E-state index contributed by atoms with van der Waals surface area (Å²) in [7, 11) is 5.18. The van der Waals surface area contributed by atoms with Crippen LogP contribution in [0, 0.1) is 11.3 Å². The van der Waals surface area contributed by atoms with Gasteiger partial charge in [-0.05, 0) is 14.1 Å². The van der Waals surface area contributed by atoms with E-state index in [1.807, 2.05) is 0 Å². The number of nitrogens with zero attached hydrogens (tertiary/aromatic N) is 1. The van der Waals surface area contributed by atoms with E-state index in [0.29, 0.717) is 12.8 Å². The summed E-state index contributed by atoms with van der Waals surface area (Å²) in [6.45, 7) is 0. The number of nitriles is 1. The second kappa shape index (κ2) is 5.08. The van der Waals surface area contributed by atoms with Crippen molar-refractivity contribution in [2.75, 3.05) is 21.2 Å². The SMILES string of the molecule is CNC(CCC#N)(NC)OC. The van der Waals surface area contributed by atoms with Gasteiger partial charge in [-0.3, -0.25) is 10.6 Å². The Morgan fingerprint density at radius 1 is 1.45 bits per heavy atom. The lowest BCUT2D eigenvalue weighted by Crippen LogP contribution is -2.55. The van der Waals surface area contributed by atoms with Crippen LogP contribution in [0.3, 0.4) is 0 Å². The highest BCUT2D eigenvalue weighted by Gasteiger charge is 2.23. The van der Waals surface area contributed by atoms with Gasteiger partial charge in [0.05, 0.1) is 6.07 Å². The highest BCUT2D eigenvalue weighted by molar-refractivity contribution is 4.78. The third-order valence-electron chi connectivity index (χ3n) is 1.75. The van der Waals surface area contributed by atoms with E-state index in [-0.39, 0.29) is 0 Å². The molecule has 0 spiro atoms. The van der Waals surface area contributed by atoms with Gasteiger partial charge in [-0.15, -0.1) is 0 Å². The number of ether oxygens (including phenoxy) is 1. The average Bonchev–Trinajstić information content (AvgIpc) is 2.08. The number of methoxy groups -OCH3 is 1. The first-order valence-electron chi connectivity index (χ1n) is 3.54. The first kappa shape index (κ1) is 10.4. The molecule has 0 radical (unpaired) electrons. The van der Waals surface area contributed by atoms with E-state index in [1.54, 1.807) is 21.2 Å². The van der Waals surface area contributed by atoms with Gasteiger partial charge in [0.15, 0.2) is 5.85 Å². The van der Waals surface area contributed by atoms with Gasteiger partial charge in [-0.2, -0.15) is 5.26 Å². The van der Waals surface area contributed by atoms with E-state index in [2.05, 4.69) is 16.7 Å². The van der Waals surface area contributed by atoms with Gasteiger partial charge in [-0.1, -0.05) is 0 Å². The summed E-state index contributed by atoms with van der Waals surface area (Å²) in [5.41, 5.74) is 0. The lowest BCUT2D eigenvalue weighted by molar-refractivity contribution is -0.0618. The molecule has 0 fully saturated rings. The van der Waals surface area contributed by atoms with E-state index < -0.39 is 5.85 Å². The highest BCUT2D eigenvalue weighted by Crippen LogP contribution is 2.07. The van der Waals surface area contributed by atoms with Gasteiger partial charge in [0.25, 0.3) is 0 Å². The van der Waals surface area contributed by atoms with Gasteiger partial charge in [0, 0.05) is 20.0 Å². The minimum absolute atomic E-state index is 0.468. The molecule has 0 aromatic carbocycles. The minimum Gasteiger partial charge on any atom is -0.351 e. The molecule has 0 aliphatic carbocycles. The smallest absolute Gasteiger partial charge is 0.174 e. The van der Waals surface area contributed by atoms with Crippen molar-refractivity contribution in [2.24, 2.45) is 0 Å². The maximum Gasteiger partial charge on any atom is 0.174 e. The van der Waals surface area contributed by atoms with Gasteiger partial charge in [-0.25, -0.2) is 0 Å². The molecule has 0 amide bonds. The molecule has 0 atom stereocenters. The highest BCUT2D eigenvalue weighted by atomic mass is 16.5. The Kier molecular flexibility index (Phi) is 4.79. The fourth-order valence-electron chi connectivity index (χ4n) is 0.913. The summed E-state index contributed by atoms with van der Waals surface area (Å²) < 4.78 is 5.16. The summed E-state index contributed by atoms with van der Waals surface area (Å²) in [6.07, 6.45) is 1.10.